The lowest BCUT2D eigenvalue weighted by molar-refractivity contribution is -0.140. The minimum Gasteiger partial charge on any atom is -0.497 e. The van der Waals surface area contributed by atoms with Crippen LogP contribution in [0.15, 0.2) is 114 Å². The highest BCUT2D eigenvalue weighted by molar-refractivity contribution is 7.92. The zero-order chi connectivity index (χ0) is 32.4. The van der Waals surface area contributed by atoms with Crippen molar-refractivity contribution in [2.75, 3.05) is 18.0 Å². The fourth-order valence-corrected chi connectivity index (χ4v) is 6.54. The average Bonchev–Trinajstić information content (AvgIpc) is 3.06. The van der Waals surface area contributed by atoms with Crippen LogP contribution in [-0.4, -0.2) is 50.9 Å². The van der Waals surface area contributed by atoms with Gasteiger partial charge in [-0.1, -0.05) is 85.8 Å². The van der Waals surface area contributed by atoms with Crippen molar-refractivity contribution in [2.24, 2.45) is 0 Å². The van der Waals surface area contributed by atoms with E-state index in [4.69, 9.17) is 4.74 Å². The molecule has 0 unspecified atom stereocenters. The largest absolute Gasteiger partial charge is 0.497 e. The number of carbonyl (C=O) groups is 2. The summed E-state index contributed by atoms with van der Waals surface area (Å²) in [6.07, 6.45) is 0.957. The lowest BCUT2D eigenvalue weighted by Crippen LogP contribution is -2.54. The van der Waals surface area contributed by atoms with Crippen LogP contribution >= 0.6 is 0 Å². The molecule has 0 bridgehead atoms. The van der Waals surface area contributed by atoms with Gasteiger partial charge in [0.25, 0.3) is 10.0 Å². The zero-order valence-electron chi connectivity index (χ0n) is 26.2. The maximum atomic E-state index is 14.6. The summed E-state index contributed by atoms with van der Waals surface area (Å²) < 4.78 is 34.8. The monoisotopic (exact) mass is 627 g/mol. The van der Waals surface area contributed by atoms with E-state index < -0.39 is 28.5 Å². The van der Waals surface area contributed by atoms with Gasteiger partial charge < -0.3 is 15.0 Å². The molecule has 4 rings (SSSR count). The molecule has 0 saturated carbocycles. The molecule has 0 heterocycles. The van der Waals surface area contributed by atoms with E-state index in [-0.39, 0.29) is 29.8 Å². The lowest BCUT2D eigenvalue weighted by atomic mass is 10.0. The first-order valence-electron chi connectivity index (χ1n) is 15.0. The number of benzene rings is 4. The second kappa shape index (κ2) is 15.4. The highest BCUT2D eigenvalue weighted by atomic mass is 32.2. The predicted molar refractivity (Wildman–Crippen MR) is 178 cm³/mol. The third kappa shape index (κ3) is 8.51. The number of para-hydroxylation sites is 1. The quantitative estimate of drug-likeness (QED) is 0.192. The van der Waals surface area contributed by atoms with E-state index in [0.29, 0.717) is 23.4 Å². The van der Waals surface area contributed by atoms with Crippen LogP contribution in [0.1, 0.15) is 37.0 Å². The third-order valence-electron chi connectivity index (χ3n) is 7.75. The Morgan fingerprint density at radius 2 is 1.47 bits per heavy atom. The molecule has 0 radical (unpaired) electrons. The highest BCUT2D eigenvalue weighted by Crippen LogP contribution is 2.28. The number of ether oxygens (including phenoxy) is 1. The minimum atomic E-state index is -4.15. The lowest BCUT2D eigenvalue weighted by Gasteiger charge is -2.34. The first-order chi connectivity index (χ1) is 21.6. The van der Waals surface area contributed by atoms with Crippen LogP contribution in [0.2, 0.25) is 0 Å². The number of methoxy groups -OCH3 is 1. The highest BCUT2D eigenvalue weighted by Gasteiger charge is 2.35. The molecule has 2 atom stereocenters. The molecule has 2 amide bonds. The van der Waals surface area contributed by atoms with Crippen molar-refractivity contribution >= 4 is 27.5 Å². The molecule has 0 aromatic heterocycles. The van der Waals surface area contributed by atoms with E-state index in [1.807, 2.05) is 68.4 Å². The summed E-state index contributed by atoms with van der Waals surface area (Å²) in [5.74, 6) is -0.213. The van der Waals surface area contributed by atoms with Gasteiger partial charge in [0.1, 0.15) is 18.3 Å². The van der Waals surface area contributed by atoms with E-state index in [1.165, 1.54) is 17.0 Å². The summed E-state index contributed by atoms with van der Waals surface area (Å²) >= 11 is 0. The standard InChI is InChI=1S/C36H41N3O5S/c1-5-28(3)37-36(41)34(24-29-16-8-6-9-17-29)38(25-30-18-14-19-31(23-30)44-4)35(40)26-39(33-22-13-12-15-27(33)2)45(42,43)32-20-10-7-11-21-32/h6-23,28,34H,5,24-26H2,1-4H3,(H,37,41)/t28-,34-/m1/s1. The number of hydrogen-bond donors (Lipinski definition) is 1. The summed E-state index contributed by atoms with van der Waals surface area (Å²) in [6, 6.07) is 30.9. The van der Waals surface area contributed by atoms with Crippen LogP contribution in [0, 0.1) is 6.92 Å². The van der Waals surface area contributed by atoms with Crippen molar-refractivity contribution in [3.8, 4) is 5.75 Å². The summed E-state index contributed by atoms with van der Waals surface area (Å²) in [6.45, 7) is 5.25. The molecule has 0 aliphatic carbocycles. The Morgan fingerprint density at radius 1 is 0.844 bits per heavy atom. The van der Waals surface area contributed by atoms with Gasteiger partial charge in [-0.15, -0.1) is 0 Å². The number of nitrogens with one attached hydrogen (secondary N) is 1. The van der Waals surface area contributed by atoms with Crippen molar-refractivity contribution in [1.29, 1.82) is 0 Å². The molecule has 4 aromatic rings. The first-order valence-corrected chi connectivity index (χ1v) is 16.5. The van der Waals surface area contributed by atoms with E-state index >= 15 is 0 Å². The minimum absolute atomic E-state index is 0.0639. The van der Waals surface area contributed by atoms with E-state index in [9.17, 15) is 18.0 Å². The molecule has 4 aromatic carbocycles. The van der Waals surface area contributed by atoms with Crippen molar-refractivity contribution in [3.63, 3.8) is 0 Å². The maximum absolute atomic E-state index is 14.6. The van der Waals surface area contributed by atoms with Crippen LogP contribution in [0.5, 0.6) is 5.75 Å². The van der Waals surface area contributed by atoms with Crippen molar-refractivity contribution in [1.82, 2.24) is 10.2 Å². The van der Waals surface area contributed by atoms with Gasteiger partial charge in [-0.3, -0.25) is 13.9 Å². The Bertz CT molecular complexity index is 1680. The molecular formula is C36H41N3O5S. The third-order valence-corrected chi connectivity index (χ3v) is 9.53. The van der Waals surface area contributed by atoms with Gasteiger partial charge in [0.15, 0.2) is 0 Å². The Morgan fingerprint density at radius 3 is 2.11 bits per heavy atom. The molecule has 1 N–H and O–H groups in total. The number of nitrogens with zero attached hydrogens (tertiary/aromatic N) is 2. The van der Waals surface area contributed by atoms with Crippen molar-refractivity contribution < 1.29 is 22.7 Å². The van der Waals surface area contributed by atoms with Crippen LogP contribution in [0.25, 0.3) is 0 Å². The average molecular weight is 628 g/mol. The predicted octanol–water partition coefficient (Wildman–Crippen LogP) is 5.75. The van der Waals surface area contributed by atoms with Gasteiger partial charge >= 0.3 is 0 Å². The fraction of sp³-hybridized carbons (Fsp3) is 0.278. The topological polar surface area (TPSA) is 96.0 Å². The second-order valence-electron chi connectivity index (χ2n) is 11.0. The first kappa shape index (κ1) is 33.3. The van der Waals surface area contributed by atoms with E-state index in [1.54, 1.807) is 56.5 Å². The molecule has 9 heteroatoms. The Kier molecular flexibility index (Phi) is 11.4. The van der Waals surface area contributed by atoms with E-state index in [0.717, 1.165) is 15.4 Å². The number of sulfonamides is 1. The molecular weight excluding hydrogens is 586 g/mol. The number of carbonyl (C=O) groups excluding carboxylic acids is 2. The maximum Gasteiger partial charge on any atom is 0.264 e. The Balaban J connectivity index is 1.82. The smallest absolute Gasteiger partial charge is 0.264 e. The molecule has 0 fully saturated rings. The molecule has 45 heavy (non-hydrogen) atoms. The van der Waals surface area contributed by atoms with Crippen molar-refractivity contribution in [2.45, 2.75) is 57.1 Å². The van der Waals surface area contributed by atoms with Gasteiger partial charge in [-0.25, -0.2) is 8.42 Å². The number of rotatable bonds is 14. The Hall–Kier alpha value is -4.63. The van der Waals surface area contributed by atoms with Gasteiger partial charge in [-0.05, 0) is 67.3 Å². The number of aryl methyl sites for hydroxylation is 1. The van der Waals surface area contributed by atoms with Crippen LogP contribution in [-0.2, 0) is 32.6 Å². The van der Waals surface area contributed by atoms with Crippen LogP contribution in [0.4, 0.5) is 5.69 Å². The van der Waals surface area contributed by atoms with Crippen LogP contribution in [0.3, 0.4) is 0 Å². The molecule has 8 nitrogen and oxygen atoms in total. The Labute approximate surface area is 266 Å². The molecule has 0 saturated heterocycles. The number of amides is 2. The second-order valence-corrected chi connectivity index (χ2v) is 12.9. The van der Waals surface area contributed by atoms with Gasteiger partial charge in [0, 0.05) is 19.0 Å². The fourth-order valence-electron chi connectivity index (χ4n) is 5.04. The summed E-state index contributed by atoms with van der Waals surface area (Å²) in [4.78, 5) is 30.1. The molecule has 0 aliphatic heterocycles. The van der Waals surface area contributed by atoms with E-state index in [2.05, 4.69) is 5.32 Å². The molecule has 0 aliphatic rings. The molecule has 236 valence electrons. The van der Waals surface area contributed by atoms with Gasteiger partial charge in [0.2, 0.25) is 11.8 Å². The SMILES string of the molecule is CC[C@@H](C)NC(=O)[C@@H](Cc1ccccc1)N(Cc1cccc(OC)c1)C(=O)CN(c1ccccc1C)S(=O)(=O)c1ccccc1. The van der Waals surface area contributed by atoms with Crippen molar-refractivity contribution in [3.05, 3.63) is 126 Å². The van der Waals surface area contributed by atoms with Crippen LogP contribution < -0.4 is 14.4 Å². The number of hydrogen-bond acceptors (Lipinski definition) is 5. The summed E-state index contributed by atoms with van der Waals surface area (Å²) in [5.41, 5.74) is 2.70. The van der Waals surface area contributed by atoms with Gasteiger partial charge in [-0.2, -0.15) is 0 Å². The summed E-state index contributed by atoms with van der Waals surface area (Å²) in [5, 5.41) is 3.05. The number of anilines is 1. The summed E-state index contributed by atoms with van der Waals surface area (Å²) in [7, 11) is -2.59. The zero-order valence-corrected chi connectivity index (χ0v) is 27.0. The van der Waals surface area contributed by atoms with Gasteiger partial charge in [0.05, 0.1) is 17.7 Å². The molecule has 0 spiro atoms. The normalized spacial score (nSPS) is 12.5.